The molecule has 114 valence electrons. The third-order valence-electron chi connectivity index (χ3n) is 3.46. The van der Waals surface area contributed by atoms with Gasteiger partial charge < -0.3 is 0 Å². The van der Waals surface area contributed by atoms with Crippen LogP contribution in [0.4, 0.5) is 5.69 Å². The lowest BCUT2D eigenvalue weighted by atomic mass is 10.2. The van der Waals surface area contributed by atoms with E-state index in [1.165, 1.54) is 0 Å². The molecule has 2 nitrogen and oxygen atoms in total. The Morgan fingerprint density at radius 1 is 0.826 bits per heavy atom. The van der Waals surface area contributed by atoms with Gasteiger partial charge in [0, 0.05) is 16.7 Å². The lowest BCUT2D eigenvalue weighted by Gasteiger charge is -2.06. The van der Waals surface area contributed by atoms with Crippen LogP contribution in [0.25, 0.3) is 0 Å². The van der Waals surface area contributed by atoms with Gasteiger partial charge in [-0.3, -0.25) is 4.99 Å². The van der Waals surface area contributed by atoms with E-state index in [9.17, 15) is 4.21 Å². The Labute approximate surface area is 139 Å². The minimum Gasteiger partial charge on any atom is -0.256 e. The molecule has 3 aromatic rings. The van der Waals surface area contributed by atoms with Gasteiger partial charge >= 0.3 is 0 Å². The first-order valence-corrected chi connectivity index (χ1v) is 8.55. The molecule has 0 amide bonds. The van der Waals surface area contributed by atoms with Crippen LogP contribution in [-0.4, -0.2) is 10.4 Å². The Balaban J connectivity index is 1.93. The van der Waals surface area contributed by atoms with Crippen LogP contribution < -0.4 is 0 Å². The van der Waals surface area contributed by atoms with Gasteiger partial charge in [0.2, 0.25) is 0 Å². The van der Waals surface area contributed by atoms with Gasteiger partial charge in [0.05, 0.1) is 21.4 Å². The van der Waals surface area contributed by atoms with Gasteiger partial charge in [0.15, 0.2) is 0 Å². The molecule has 3 rings (SSSR count). The summed E-state index contributed by atoms with van der Waals surface area (Å²) in [6, 6.07) is 25.2. The van der Waals surface area contributed by atoms with E-state index >= 15 is 0 Å². The van der Waals surface area contributed by atoms with Crippen molar-refractivity contribution in [2.45, 2.75) is 16.7 Å². The lowest BCUT2D eigenvalue weighted by Crippen LogP contribution is -1.98. The zero-order valence-electron chi connectivity index (χ0n) is 12.8. The smallest absolute Gasteiger partial charge is 0.0856 e. The first-order valence-electron chi connectivity index (χ1n) is 7.40. The van der Waals surface area contributed by atoms with Gasteiger partial charge in [-0.15, -0.1) is 0 Å². The van der Waals surface area contributed by atoms with Gasteiger partial charge in [0.25, 0.3) is 0 Å². The monoisotopic (exact) mass is 319 g/mol. The van der Waals surface area contributed by atoms with E-state index < -0.39 is 10.8 Å². The zero-order chi connectivity index (χ0) is 16.1. The summed E-state index contributed by atoms with van der Waals surface area (Å²) in [6.45, 7) is 2.02. The first kappa shape index (κ1) is 15.4. The van der Waals surface area contributed by atoms with E-state index in [0.29, 0.717) is 0 Å². The Hall–Kier alpha value is -2.52. The second kappa shape index (κ2) is 7.16. The molecule has 23 heavy (non-hydrogen) atoms. The highest BCUT2D eigenvalue weighted by Gasteiger charge is 2.10. The summed E-state index contributed by atoms with van der Waals surface area (Å²) in [6.07, 6.45) is 1.77. The summed E-state index contributed by atoms with van der Waals surface area (Å²) in [7, 11) is -1.22. The lowest BCUT2D eigenvalue weighted by molar-refractivity contribution is 0.683. The van der Waals surface area contributed by atoms with Crippen LogP contribution in [0.5, 0.6) is 0 Å². The van der Waals surface area contributed by atoms with Gasteiger partial charge in [-0.05, 0) is 37.3 Å². The predicted octanol–water partition coefficient (Wildman–Crippen LogP) is 4.91. The summed E-state index contributed by atoms with van der Waals surface area (Å²) in [5.74, 6) is 0. The molecule has 3 heteroatoms. The number of nitrogens with zero attached hydrogens (tertiary/aromatic N) is 1. The van der Waals surface area contributed by atoms with Crippen LogP contribution in [0.15, 0.2) is 93.6 Å². The van der Waals surface area contributed by atoms with E-state index in [-0.39, 0.29) is 0 Å². The molecule has 0 aromatic heterocycles. The Kier molecular flexibility index (Phi) is 4.79. The number of benzene rings is 3. The Morgan fingerprint density at radius 3 is 2.22 bits per heavy atom. The molecule has 0 heterocycles. The average molecular weight is 319 g/mol. The van der Waals surface area contributed by atoms with Crippen LogP contribution in [0.1, 0.15) is 11.1 Å². The number of aryl methyl sites for hydroxylation is 1. The Morgan fingerprint density at radius 2 is 1.48 bits per heavy atom. The highest BCUT2D eigenvalue weighted by molar-refractivity contribution is 7.85. The third-order valence-corrected chi connectivity index (χ3v) is 4.93. The van der Waals surface area contributed by atoms with E-state index in [0.717, 1.165) is 26.6 Å². The van der Waals surface area contributed by atoms with Gasteiger partial charge in [-0.1, -0.05) is 54.1 Å². The van der Waals surface area contributed by atoms with Crippen molar-refractivity contribution in [3.8, 4) is 0 Å². The number of hydrogen-bond donors (Lipinski definition) is 0. The van der Waals surface area contributed by atoms with Crippen molar-refractivity contribution < 1.29 is 4.21 Å². The molecule has 0 unspecified atom stereocenters. The SMILES string of the molecule is Cc1ccc([S@](=O)c2ccccc2C=Nc2ccccc2)cc1. The van der Waals surface area contributed by atoms with Gasteiger partial charge in [-0.25, -0.2) is 4.21 Å². The summed E-state index contributed by atoms with van der Waals surface area (Å²) in [5, 5.41) is 0. The molecule has 0 N–H and O–H groups in total. The van der Waals surface area contributed by atoms with Crippen LogP contribution in [0, 0.1) is 6.92 Å². The van der Waals surface area contributed by atoms with Crippen molar-refractivity contribution >= 4 is 22.7 Å². The highest BCUT2D eigenvalue weighted by atomic mass is 32.2. The molecule has 0 aliphatic heterocycles. The summed E-state index contributed by atoms with van der Waals surface area (Å²) < 4.78 is 12.8. The minimum atomic E-state index is -1.22. The molecule has 0 bridgehead atoms. The standard InChI is InChI=1S/C20H17NOS/c1-16-11-13-19(14-12-16)23(22)20-10-6-5-7-17(20)15-21-18-8-3-2-4-9-18/h2-15H,1H3/t23-/m0/s1. The summed E-state index contributed by atoms with van der Waals surface area (Å²) in [4.78, 5) is 6.04. The number of para-hydroxylation sites is 1. The van der Waals surface area contributed by atoms with Crippen molar-refractivity contribution in [1.29, 1.82) is 0 Å². The largest absolute Gasteiger partial charge is 0.256 e. The summed E-state index contributed by atoms with van der Waals surface area (Å²) in [5.41, 5.74) is 2.91. The van der Waals surface area contributed by atoms with Crippen LogP contribution in [0.3, 0.4) is 0 Å². The molecule has 0 radical (unpaired) electrons. The molecule has 3 aromatic carbocycles. The second-order valence-electron chi connectivity index (χ2n) is 5.21. The number of aliphatic imine (C=N–C) groups is 1. The normalized spacial score (nSPS) is 12.4. The van der Waals surface area contributed by atoms with E-state index in [1.54, 1.807) is 6.21 Å². The quantitative estimate of drug-likeness (QED) is 0.628. The molecule has 1 atom stereocenters. The highest BCUT2D eigenvalue weighted by Crippen LogP contribution is 2.20. The Bertz CT molecular complexity index is 839. The molecular weight excluding hydrogens is 302 g/mol. The van der Waals surface area contributed by atoms with Crippen molar-refractivity contribution in [3.05, 3.63) is 90.0 Å². The summed E-state index contributed by atoms with van der Waals surface area (Å²) >= 11 is 0. The topological polar surface area (TPSA) is 29.4 Å². The van der Waals surface area contributed by atoms with E-state index in [4.69, 9.17) is 0 Å². The minimum absolute atomic E-state index is 0.774. The fourth-order valence-electron chi connectivity index (χ4n) is 2.20. The van der Waals surface area contributed by atoms with Gasteiger partial charge in [-0.2, -0.15) is 0 Å². The van der Waals surface area contributed by atoms with E-state index in [2.05, 4.69) is 4.99 Å². The zero-order valence-corrected chi connectivity index (χ0v) is 13.7. The molecule has 0 aliphatic rings. The van der Waals surface area contributed by atoms with Crippen molar-refractivity contribution in [2.24, 2.45) is 4.99 Å². The molecule has 0 spiro atoms. The maximum Gasteiger partial charge on any atom is 0.0856 e. The van der Waals surface area contributed by atoms with Crippen molar-refractivity contribution in [3.63, 3.8) is 0 Å². The van der Waals surface area contributed by atoms with Crippen LogP contribution in [0.2, 0.25) is 0 Å². The first-order chi connectivity index (χ1) is 11.2. The molecule has 0 saturated heterocycles. The van der Waals surface area contributed by atoms with Crippen LogP contribution >= 0.6 is 0 Å². The molecular formula is C20H17NOS. The number of rotatable bonds is 4. The fourth-order valence-corrected chi connectivity index (χ4v) is 3.38. The maximum atomic E-state index is 12.8. The van der Waals surface area contributed by atoms with Gasteiger partial charge in [0.1, 0.15) is 0 Å². The fraction of sp³-hybridized carbons (Fsp3) is 0.0500. The predicted molar refractivity (Wildman–Crippen MR) is 96.0 cm³/mol. The maximum absolute atomic E-state index is 12.8. The second-order valence-corrected chi connectivity index (χ2v) is 6.66. The molecule has 0 saturated carbocycles. The van der Waals surface area contributed by atoms with E-state index in [1.807, 2.05) is 85.8 Å². The molecule has 0 aliphatic carbocycles. The number of hydrogen-bond acceptors (Lipinski definition) is 2. The van der Waals surface area contributed by atoms with Crippen molar-refractivity contribution in [1.82, 2.24) is 0 Å². The molecule has 0 fully saturated rings. The van der Waals surface area contributed by atoms with Crippen LogP contribution in [-0.2, 0) is 10.8 Å². The average Bonchev–Trinajstić information content (AvgIpc) is 2.61. The van der Waals surface area contributed by atoms with Crippen molar-refractivity contribution in [2.75, 3.05) is 0 Å². The third kappa shape index (κ3) is 3.82.